The molecule has 4 aliphatic rings. The molecule has 1 saturated heterocycles. The fourth-order valence-corrected chi connectivity index (χ4v) is 6.87. The lowest BCUT2D eigenvalue weighted by atomic mass is 9.54. The Morgan fingerprint density at radius 2 is 1.93 bits per heavy atom. The number of likely N-dealkylation sites (tertiary alicyclic amines) is 1. The van der Waals surface area contributed by atoms with Crippen molar-refractivity contribution >= 4 is 23.9 Å². The molecule has 234 valence electrons. The number of benzene rings is 1. The van der Waals surface area contributed by atoms with E-state index in [4.69, 9.17) is 14.6 Å². The molecule has 2 fully saturated rings. The van der Waals surface area contributed by atoms with Crippen LogP contribution < -0.4 is 15.4 Å². The fraction of sp³-hybridized carbons (Fsp3) is 0.600. The summed E-state index contributed by atoms with van der Waals surface area (Å²) >= 11 is 0. The van der Waals surface area contributed by atoms with Crippen LogP contribution in [0.3, 0.4) is 0 Å². The van der Waals surface area contributed by atoms with Gasteiger partial charge in [-0.3, -0.25) is 19.3 Å². The number of amides is 3. The second kappa shape index (κ2) is 11.7. The van der Waals surface area contributed by atoms with E-state index in [-0.39, 0.29) is 43.6 Å². The highest BCUT2D eigenvalue weighted by atomic mass is 16.6. The molecule has 2 aliphatic carbocycles. The van der Waals surface area contributed by atoms with Crippen LogP contribution in [0.1, 0.15) is 50.2 Å². The van der Waals surface area contributed by atoms with Gasteiger partial charge in [-0.15, -0.1) is 0 Å². The number of aliphatic carboxylic acids is 1. The number of likely N-dealkylation sites (N-methyl/N-ethyl adjacent to an activating group) is 1. The number of carboxylic acids is 1. The fourth-order valence-electron chi connectivity index (χ4n) is 6.87. The molecule has 13 heteroatoms. The lowest BCUT2D eigenvalue weighted by molar-refractivity contribution is -0.158. The number of nitrogens with one attached hydrogen (secondary N) is 2. The van der Waals surface area contributed by atoms with Gasteiger partial charge in [0.05, 0.1) is 17.6 Å². The monoisotopic (exact) mass is 600 g/mol. The number of fused-ring (bicyclic) bond motifs is 1. The van der Waals surface area contributed by atoms with Crippen molar-refractivity contribution in [3.63, 3.8) is 0 Å². The Balaban J connectivity index is 1.28. The Labute approximate surface area is 249 Å². The van der Waals surface area contributed by atoms with Crippen LogP contribution in [-0.4, -0.2) is 107 Å². The van der Waals surface area contributed by atoms with Gasteiger partial charge in [0.25, 0.3) is 0 Å². The quantitative estimate of drug-likeness (QED) is 0.243. The number of aromatic hydroxyl groups is 1. The zero-order chi connectivity index (χ0) is 31.1. The van der Waals surface area contributed by atoms with Gasteiger partial charge in [0, 0.05) is 44.7 Å². The van der Waals surface area contributed by atoms with Crippen molar-refractivity contribution in [3.8, 4) is 11.5 Å². The molecule has 0 bridgehead atoms. The molecule has 1 spiro atoms. The number of carbonyl (C=O) groups is 4. The Morgan fingerprint density at radius 3 is 2.63 bits per heavy atom. The number of aliphatic hydroxyl groups is 1. The summed E-state index contributed by atoms with van der Waals surface area (Å²) in [6, 6.07) is 3.19. The maximum Gasteiger partial charge on any atom is 0.414 e. The maximum atomic E-state index is 13.1. The van der Waals surface area contributed by atoms with E-state index in [0.717, 1.165) is 24.2 Å². The van der Waals surface area contributed by atoms with E-state index in [1.807, 2.05) is 19.9 Å². The number of phenols is 1. The zero-order valence-electron chi connectivity index (χ0n) is 24.7. The topological polar surface area (TPSA) is 178 Å². The van der Waals surface area contributed by atoms with E-state index in [1.165, 1.54) is 24.8 Å². The third-order valence-electron chi connectivity index (χ3n) is 9.39. The highest BCUT2D eigenvalue weighted by Gasteiger charge is 2.69. The average Bonchev–Trinajstić information content (AvgIpc) is 3.70. The molecule has 0 radical (unpaired) electrons. The predicted molar refractivity (Wildman–Crippen MR) is 152 cm³/mol. The third-order valence-corrected chi connectivity index (χ3v) is 9.39. The molecule has 4 atom stereocenters. The van der Waals surface area contributed by atoms with E-state index < -0.39 is 47.4 Å². The summed E-state index contributed by atoms with van der Waals surface area (Å²) in [5, 5.41) is 36.7. The van der Waals surface area contributed by atoms with Gasteiger partial charge >= 0.3 is 12.1 Å². The van der Waals surface area contributed by atoms with E-state index in [2.05, 4.69) is 15.5 Å². The van der Waals surface area contributed by atoms with Gasteiger partial charge in [-0.2, -0.15) is 0 Å². The SMILES string of the molecule is Cc1ccc(O)c2c1C13CCN(CC4CC4)C(C)C1(O)CC=C(OC(=O)N(C)CCNC(=O)CNC(=O)CC(=O)O)C3O2. The molecular formula is C30H40N4O9. The third kappa shape index (κ3) is 5.63. The number of carboxylic acid groups (broad SMARTS) is 1. The molecule has 0 aromatic heterocycles. The first-order valence-electron chi connectivity index (χ1n) is 14.7. The van der Waals surface area contributed by atoms with Gasteiger partial charge in [-0.1, -0.05) is 6.07 Å². The summed E-state index contributed by atoms with van der Waals surface area (Å²) in [5.41, 5.74) is -0.532. The molecule has 5 rings (SSSR count). The normalized spacial score (nSPS) is 27.5. The second-order valence-corrected chi connectivity index (χ2v) is 12.2. The standard InChI is InChI=1S/C30H40N4O9/c1-17-4-7-20(35)26-25(17)29-10-12-34(16-19-5-6-19)18(2)30(29,41)9-8-21(27(29)43-26)42-28(40)33(3)13-11-31-23(37)15-32-22(36)14-24(38)39/h4,7-8,18-19,27,35,41H,5-6,9-16H2,1-3H3,(H,31,37)(H,32,36)(H,38,39). The number of hydrogen-bond acceptors (Lipinski definition) is 9. The van der Waals surface area contributed by atoms with E-state index in [0.29, 0.717) is 18.1 Å². The number of rotatable bonds is 10. The van der Waals surface area contributed by atoms with Crippen molar-refractivity contribution in [2.45, 2.75) is 69.1 Å². The number of aryl methyl sites for hydroxylation is 1. The Hall–Kier alpha value is -3.84. The first kappa shape index (κ1) is 30.6. The van der Waals surface area contributed by atoms with Crippen molar-refractivity contribution in [2.75, 3.05) is 39.8 Å². The summed E-state index contributed by atoms with van der Waals surface area (Å²) in [5.74, 6) is -1.42. The van der Waals surface area contributed by atoms with Gasteiger partial charge in [-0.25, -0.2) is 4.79 Å². The van der Waals surface area contributed by atoms with E-state index in [1.54, 1.807) is 12.1 Å². The number of phenolic OH excluding ortho intramolecular Hbond substituents is 1. The van der Waals surface area contributed by atoms with Crippen molar-refractivity contribution in [3.05, 3.63) is 35.1 Å². The van der Waals surface area contributed by atoms with Crippen LogP contribution in [0.15, 0.2) is 24.0 Å². The number of hydrogen-bond donors (Lipinski definition) is 5. The van der Waals surface area contributed by atoms with Crippen molar-refractivity contribution in [1.82, 2.24) is 20.4 Å². The van der Waals surface area contributed by atoms with Gasteiger partial charge in [0.15, 0.2) is 17.6 Å². The number of ether oxygens (including phenoxy) is 2. The first-order valence-corrected chi connectivity index (χ1v) is 14.7. The number of carbonyl (C=O) groups excluding carboxylic acids is 3. The predicted octanol–water partition coefficient (Wildman–Crippen LogP) is 0.998. The maximum absolute atomic E-state index is 13.1. The Bertz CT molecular complexity index is 1340. The minimum Gasteiger partial charge on any atom is -0.504 e. The smallest absolute Gasteiger partial charge is 0.414 e. The van der Waals surface area contributed by atoms with Crippen LogP contribution in [0.2, 0.25) is 0 Å². The molecule has 5 N–H and O–H groups in total. The van der Waals surface area contributed by atoms with E-state index in [9.17, 15) is 29.4 Å². The molecule has 1 aromatic rings. The summed E-state index contributed by atoms with van der Waals surface area (Å²) in [6.07, 6.45) is 2.67. The van der Waals surface area contributed by atoms with Crippen LogP contribution in [-0.2, 0) is 24.5 Å². The van der Waals surface area contributed by atoms with Gasteiger partial charge in [-0.05, 0) is 63.3 Å². The summed E-state index contributed by atoms with van der Waals surface area (Å²) in [6.45, 7) is 5.40. The summed E-state index contributed by atoms with van der Waals surface area (Å²) in [7, 11) is 1.51. The number of piperidine rings is 1. The lowest BCUT2D eigenvalue weighted by Gasteiger charge is -2.59. The van der Waals surface area contributed by atoms with E-state index >= 15 is 0 Å². The minimum absolute atomic E-state index is 0.0301. The highest BCUT2D eigenvalue weighted by Crippen LogP contribution is 2.62. The molecule has 13 nitrogen and oxygen atoms in total. The van der Waals surface area contributed by atoms with Crippen molar-refractivity contribution in [1.29, 1.82) is 0 Å². The molecule has 2 heterocycles. The molecule has 1 saturated carbocycles. The van der Waals surface area contributed by atoms with Crippen LogP contribution in [0, 0.1) is 12.8 Å². The molecule has 2 aliphatic heterocycles. The van der Waals surface area contributed by atoms with Gasteiger partial charge in [0.1, 0.15) is 12.2 Å². The summed E-state index contributed by atoms with van der Waals surface area (Å²) in [4.78, 5) is 50.7. The minimum atomic E-state index is -1.30. The average molecular weight is 601 g/mol. The number of nitrogens with zero attached hydrogens (tertiary/aromatic N) is 2. The molecular weight excluding hydrogens is 560 g/mol. The molecule has 1 aromatic carbocycles. The van der Waals surface area contributed by atoms with Crippen molar-refractivity contribution in [2.24, 2.45) is 5.92 Å². The van der Waals surface area contributed by atoms with Crippen LogP contribution in [0.5, 0.6) is 11.5 Å². The molecule has 3 amide bonds. The van der Waals surface area contributed by atoms with Crippen LogP contribution >= 0.6 is 0 Å². The van der Waals surface area contributed by atoms with Crippen molar-refractivity contribution < 1.29 is 44.0 Å². The lowest BCUT2D eigenvalue weighted by Crippen LogP contribution is -2.72. The van der Waals surface area contributed by atoms with Gasteiger partial charge in [0.2, 0.25) is 11.8 Å². The zero-order valence-corrected chi connectivity index (χ0v) is 24.7. The highest BCUT2D eigenvalue weighted by molar-refractivity contribution is 5.95. The summed E-state index contributed by atoms with van der Waals surface area (Å²) < 4.78 is 12.2. The van der Waals surface area contributed by atoms with Crippen LogP contribution in [0.25, 0.3) is 0 Å². The Morgan fingerprint density at radius 1 is 1.19 bits per heavy atom. The molecule has 43 heavy (non-hydrogen) atoms. The first-order chi connectivity index (χ1) is 20.4. The van der Waals surface area contributed by atoms with Crippen LogP contribution in [0.4, 0.5) is 4.79 Å². The largest absolute Gasteiger partial charge is 0.504 e. The van der Waals surface area contributed by atoms with Gasteiger partial charge < -0.3 is 40.3 Å². The Kier molecular flexibility index (Phi) is 8.32. The molecule has 4 unspecified atom stereocenters. The second-order valence-electron chi connectivity index (χ2n) is 12.2.